The lowest BCUT2D eigenvalue weighted by Gasteiger charge is -1.98. The highest BCUT2D eigenvalue weighted by atomic mass is 16.5. The largest absolute Gasteiger partial charge is 0.464 e. The molecule has 0 aliphatic carbocycles. The van der Waals surface area contributed by atoms with Gasteiger partial charge in [-0.25, -0.2) is 4.79 Å². The summed E-state index contributed by atoms with van der Waals surface area (Å²) in [5.41, 5.74) is 1.36. The van der Waals surface area contributed by atoms with Gasteiger partial charge in [-0.3, -0.25) is 4.79 Å². The number of H-pyrrole nitrogens is 1. The molecule has 0 unspecified atom stereocenters. The predicted molar refractivity (Wildman–Crippen MR) is 66.7 cm³/mol. The molecule has 0 amide bonds. The maximum absolute atomic E-state index is 12.2. The van der Waals surface area contributed by atoms with Gasteiger partial charge >= 0.3 is 5.97 Å². The average Bonchev–Trinajstić information content (AvgIpc) is 2.95. The molecule has 0 saturated carbocycles. The van der Waals surface area contributed by atoms with Crippen molar-refractivity contribution >= 4 is 11.8 Å². The minimum absolute atomic E-state index is 0.210. The molecule has 0 radical (unpaired) electrons. The second-order valence-electron chi connectivity index (χ2n) is 3.82. The predicted octanol–water partition coefficient (Wildman–Crippen LogP) is 1.90. The number of hydrogen-bond acceptors (Lipinski definition) is 4. The Balaban J connectivity index is 2.31. The lowest BCUT2D eigenvalue weighted by atomic mass is 10.0. The lowest BCUT2D eigenvalue weighted by Crippen LogP contribution is -2.02. The van der Waals surface area contributed by atoms with Crippen LogP contribution < -0.4 is 0 Å². The highest BCUT2D eigenvalue weighted by Crippen LogP contribution is 2.13. The molecule has 5 nitrogen and oxygen atoms in total. The van der Waals surface area contributed by atoms with Crippen molar-refractivity contribution in [1.29, 1.82) is 5.26 Å². The Morgan fingerprint density at radius 1 is 1.26 bits per heavy atom. The summed E-state index contributed by atoms with van der Waals surface area (Å²) in [5.74, 6) is -0.798. The number of ether oxygens (including phenoxy) is 1. The summed E-state index contributed by atoms with van der Waals surface area (Å²) < 4.78 is 4.55. The standard InChI is InChI=1S/C14H10N2O3/c1-19-14(18)12-6-11(8-16-12)13(17)10-4-2-3-9(5-10)7-15/h2-6,8,16H,1H3. The fourth-order valence-electron chi connectivity index (χ4n) is 1.65. The highest BCUT2D eigenvalue weighted by molar-refractivity contribution is 6.10. The number of nitriles is 1. The van der Waals surface area contributed by atoms with Crippen LogP contribution in [0.3, 0.4) is 0 Å². The van der Waals surface area contributed by atoms with Gasteiger partial charge in [-0.2, -0.15) is 5.26 Å². The third-order valence-corrected chi connectivity index (χ3v) is 2.60. The maximum atomic E-state index is 12.2. The molecule has 0 fully saturated rings. The first-order valence-corrected chi connectivity index (χ1v) is 5.47. The van der Waals surface area contributed by atoms with Crippen LogP contribution >= 0.6 is 0 Å². The van der Waals surface area contributed by atoms with Crippen LogP contribution in [0.25, 0.3) is 0 Å². The van der Waals surface area contributed by atoms with Crippen molar-refractivity contribution in [2.75, 3.05) is 7.11 Å². The van der Waals surface area contributed by atoms with Crippen molar-refractivity contribution < 1.29 is 14.3 Å². The molecule has 0 spiro atoms. The van der Waals surface area contributed by atoms with E-state index < -0.39 is 5.97 Å². The first-order valence-electron chi connectivity index (χ1n) is 5.47. The molecule has 1 N–H and O–H groups in total. The van der Waals surface area contributed by atoms with Crippen molar-refractivity contribution in [3.8, 4) is 6.07 Å². The normalized spacial score (nSPS) is 9.68. The van der Waals surface area contributed by atoms with E-state index in [1.54, 1.807) is 18.2 Å². The zero-order valence-electron chi connectivity index (χ0n) is 10.1. The van der Waals surface area contributed by atoms with Crippen LogP contribution in [0.2, 0.25) is 0 Å². The van der Waals surface area contributed by atoms with E-state index in [1.165, 1.54) is 25.4 Å². The SMILES string of the molecule is COC(=O)c1cc(C(=O)c2cccc(C#N)c2)c[nH]1. The number of methoxy groups -OCH3 is 1. The third kappa shape index (κ3) is 2.53. The Labute approximate surface area is 109 Å². The molecular formula is C14H10N2O3. The van der Waals surface area contributed by atoms with Crippen LogP contribution in [-0.4, -0.2) is 23.8 Å². The van der Waals surface area contributed by atoms with Crippen LogP contribution in [0.15, 0.2) is 36.5 Å². The van der Waals surface area contributed by atoms with Crippen molar-refractivity contribution in [1.82, 2.24) is 4.98 Å². The van der Waals surface area contributed by atoms with Crippen LogP contribution in [0, 0.1) is 11.3 Å². The zero-order chi connectivity index (χ0) is 13.8. The molecule has 1 heterocycles. The summed E-state index contributed by atoms with van der Waals surface area (Å²) in [6, 6.07) is 9.78. The second-order valence-corrected chi connectivity index (χ2v) is 3.82. The molecule has 94 valence electrons. The summed E-state index contributed by atoms with van der Waals surface area (Å²) in [5, 5.41) is 8.79. The number of aromatic amines is 1. The molecule has 2 rings (SSSR count). The van der Waals surface area contributed by atoms with Gasteiger partial charge in [0.25, 0.3) is 0 Å². The molecule has 0 saturated heterocycles. The quantitative estimate of drug-likeness (QED) is 0.669. The van der Waals surface area contributed by atoms with Crippen LogP contribution in [0.5, 0.6) is 0 Å². The number of nitrogens with one attached hydrogen (secondary N) is 1. The Morgan fingerprint density at radius 3 is 2.74 bits per heavy atom. The lowest BCUT2D eigenvalue weighted by molar-refractivity contribution is 0.0595. The van der Waals surface area contributed by atoms with Crippen molar-refractivity contribution in [3.63, 3.8) is 0 Å². The van der Waals surface area contributed by atoms with Gasteiger partial charge < -0.3 is 9.72 Å². The molecule has 0 atom stereocenters. The zero-order valence-corrected chi connectivity index (χ0v) is 10.1. The highest BCUT2D eigenvalue weighted by Gasteiger charge is 2.15. The monoisotopic (exact) mass is 254 g/mol. The van der Waals surface area contributed by atoms with Gasteiger partial charge in [0, 0.05) is 17.3 Å². The van der Waals surface area contributed by atoms with Crippen LogP contribution in [0.1, 0.15) is 32.0 Å². The average molecular weight is 254 g/mol. The second kappa shape index (κ2) is 5.19. The first kappa shape index (κ1) is 12.6. The van der Waals surface area contributed by atoms with Gasteiger partial charge in [0.05, 0.1) is 18.7 Å². The number of hydrogen-bond donors (Lipinski definition) is 1. The van der Waals surface area contributed by atoms with Crippen LogP contribution in [0.4, 0.5) is 0 Å². The van der Waals surface area contributed by atoms with Gasteiger partial charge in [-0.1, -0.05) is 12.1 Å². The molecule has 0 bridgehead atoms. The van der Waals surface area contributed by atoms with E-state index >= 15 is 0 Å². The van der Waals surface area contributed by atoms with Gasteiger partial charge in [0.15, 0.2) is 5.78 Å². The minimum atomic E-state index is -0.537. The molecule has 0 aliphatic rings. The van der Waals surface area contributed by atoms with Crippen molar-refractivity contribution in [2.45, 2.75) is 0 Å². The number of rotatable bonds is 3. The summed E-state index contributed by atoms with van der Waals surface area (Å²) >= 11 is 0. The molecule has 1 aromatic carbocycles. The Bertz CT molecular complexity index is 680. The number of ketones is 1. The summed E-state index contributed by atoms with van der Waals surface area (Å²) in [7, 11) is 1.26. The number of carbonyl (C=O) groups excluding carboxylic acids is 2. The topological polar surface area (TPSA) is 82.9 Å². The number of benzene rings is 1. The summed E-state index contributed by atoms with van der Waals surface area (Å²) in [4.78, 5) is 26.1. The van der Waals surface area contributed by atoms with E-state index in [-0.39, 0.29) is 11.5 Å². The van der Waals surface area contributed by atoms with E-state index in [2.05, 4.69) is 9.72 Å². The third-order valence-electron chi connectivity index (χ3n) is 2.60. The number of esters is 1. The summed E-state index contributed by atoms with van der Waals surface area (Å²) in [6.45, 7) is 0. The van der Waals surface area contributed by atoms with Crippen molar-refractivity contribution in [2.24, 2.45) is 0 Å². The van der Waals surface area contributed by atoms with E-state index in [9.17, 15) is 9.59 Å². The van der Waals surface area contributed by atoms with Crippen molar-refractivity contribution in [3.05, 3.63) is 58.9 Å². The number of carbonyl (C=O) groups is 2. The van der Waals surface area contributed by atoms with Gasteiger partial charge in [-0.15, -0.1) is 0 Å². The molecule has 2 aromatic rings. The fraction of sp³-hybridized carbons (Fsp3) is 0.0714. The Morgan fingerprint density at radius 2 is 2.05 bits per heavy atom. The van der Waals surface area contributed by atoms with E-state index in [1.807, 2.05) is 6.07 Å². The van der Waals surface area contributed by atoms with E-state index in [4.69, 9.17) is 5.26 Å². The smallest absolute Gasteiger partial charge is 0.354 e. The van der Waals surface area contributed by atoms with E-state index in [0.29, 0.717) is 16.7 Å². The van der Waals surface area contributed by atoms with E-state index in [0.717, 1.165) is 0 Å². The van der Waals surface area contributed by atoms with Gasteiger partial charge in [-0.05, 0) is 18.2 Å². The molecule has 19 heavy (non-hydrogen) atoms. The Kier molecular flexibility index (Phi) is 3.44. The number of aromatic nitrogens is 1. The first-order chi connectivity index (χ1) is 9.15. The molecular weight excluding hydrogens is 244 g/mol. The summed E-state index contributed by atoms with van der Waals surface area (Å²) in [6.07, 6.45) is 1.44. The number of nitrogens with zero attached hydrogens (tertiary/aromatic N) is 1. The van der Waals surface area contributed by atoms with Gasteiger partial charge in [0.1, 0.15) is 5.69 Å². The Hall–Kier alpha value is -2.87. The molecule has 5 heteroatoms. The fourth-order valence-corrected chi connectivity index (χ4v) is 1.65. The molecule has 0 aliphatic heterocycles. The van der Waals surface area contributed by atoms with Crippen LogP contribution in [-0.2, 0) is 4.74 Å². The maximum Gasteiger partial charge on any atom is 0.354 e. The minimum Gasteiger partial charge on any atom is -0.464 e. The molecule has 1 aromatic heterocycles. The van der Waals surface area contributed by atoms with Gasteiger partial charge in [0.2, 0.25) is 0 Å².